The van der Waals surface area contributed by atoms with Gasteiger partial charge in [-0.1, -0.05) is 6.07 Å². The van der Waals surface area contributed by atoms with Crippen LogP contribution in [0, 0.1) is 0 Å². The van der Waals surface area contributed by atoms with Crippen molar-refractivity contribution in [3.63, 3.8) is 0 Å². The Kier molecular flexibility index (Phi) is 8.06. The highest BCUT2D eigenvalue weighted by atomic mass is 16.7. The molecule has 0 N–H and O–H groups in total. The lowest BCUT2D eigenvalue weighted by Crippen LogP contribution is -2.33. The first kappa shape index (κ1) is 25.7. The second kappa shape index (κ2) is 11.0. The number of ether oxygens (including phenoxy) is 6. The van der Waals surface area contributed by atoms with Crippen LogP contribution >= 0.6 is 0 Å². The van der Waals surface area contributed by atoms with E-state index in [2.05, 4.69) is 0 Å². The lowest BCUT2D eigenvalue weighted by Gasteiger charge is -2.27. The molecule has 0 unspecified atom stereocenters. The second-order valence-electron chi connectivity index (χ2n) is 7.79. The van der Waals surface area contributed by atoms with Crippen LogP contribution in [0.25, 0.3) is 11.1 Å². The van der Waals surface area contributed by atoms with Gasteiger partial charge in [0, 0.05) is 19.5 Å². The van der Waals surface area contributed by atoms with Gasteiger partial charge in [0.15, 0.2) is 17.2 Å². The molecule has 0 aliphatic heterocycles. The van der Waals surface area contributed by atoms with Gasteiger partial charge in [0.05, 0.1) is 34.5 Å². The number of hydrogen-bond donors (Lipinski definition) is 0. The van der Waals surface area contributed by atoms with E-state index < -0.39 is 24.9 Å². The van der Waals surface area contributed by atoms with Gasteiger partial charge >= 0.3 is 12.1 Å². The van der Waals surface area contributed by atoms with Gasteiger partial charge in [-0.2, -0.15) is 0 Å². The highest BCUT2D eigenvalue weighted by Crippen LogP contribution is 2.50. The lowest BCUT2D eigenvalue weighted by molar-refractivity contribution is -0.149. The van der Waals surface area contributed by atoms with E-state index in [1.807, 2.05) is 6.07 Å². The number of hydrogen-bond acceptors (Lipinski definition) is 9. The zero-order valence-electron chi connectivity index (χ0n) is 20.6. The fourth-order valence-electron chi connectivity index (χ4n) is 4.24. The van der Waals surface area contributed by atoms with Crippen molar-refractivity contribution < 1.29 is 38.0 Å². The number of nitrogens with zero attached hydrogens (tertiary/aromatic N) is 1. The van der Waals surface area contributed by atoms with Crippen LogP contribution in [-0.2, 0) is 20.7 Å². The summed E-state index contributed by atoms with van der Waals surface area (Å²) in [6.45, 7) is 0.707. The van der Waals surface area contributed by atoms with Crippen molar-refractivity contribution in [2.75, 3.05) is 42.3 Å². The van der Waals surface area contributed by atoms with E-state index in [1.165, 1.54) is 39.2 Å². The van der Waals surface area contributed by atoms with Crippen molar-refractivity contribution in [3.05, 3.63) is 45.6 Å². The van der Waals surface area contributed by atoms with E-state index in [0.29, 0.717) is 41.2 Å². The molecule has 2 aromatic carbocycles. The predicted molar refractivity (Wildman–Crippen MR) is 126 cm³/mol. The van der Waals surface area contributed by atoms with E-state index in [-0.39, 0.29) is 11.2 Å². The third-order valence-electron chi connectivity index (χ3n) is 5.89. The molecule has 0 bridgehead atoms. The summed E-state index contributed by atoms with van der Waals surface area (Å²) in [7, 11) is 7.57. The molecule has 10 heteroatoms. The Hall–Kier alpha value is -3.95. The second-order valence-corrected chi connectivity index (χ2v) is 7.79. The molecule has 0 aromatic heterocycles. The summed E-state index contributed by atoms with van der Waals surface area (Å²) in [5.41, 5.74) is 2.52. The number of fused-ring (bicyclic) bond motifs is 3. The Morgan fingerprint density at radius 3 is 2.23 bits per heavy atom. The zero-order chi connectivity index (χ0) is 25.7. The molecule has 2 aromatic rings. The first-order chi connectivity index (χ1) is 16.8. The Balaban J connectivity index is 2.23. The van der Waals surface area contributed by atoms with E-state index in [1.54, 1.807) is 26.3 Å². The van der Waals surface area contributed by atoms with Gasteiger partial charge in [0.25, 0.3) is 0 Å². The molecule has 0 saturated carbocycles. The SMILES string of the molecule is COc1cc2c(c(OC)c1OC)-c1ccc(OC)c(=O)cc1[C@@H](N(C)C(=O)OCOC(C)=O)CC2. The fraction of sp³-hybridized carbons (Fsp3) is 0.400. The number of rotatable bonds is 7. The molecule has 1 aliphatic rings. The molecule has 1 atom stereocenters. The van der Waals surface area contributed by atoms with Gasteiger partial charge in [-0.05, 0) is 47.7 Å². The van der Waals surface area contributed by atoms with E-state index in [0.717, 1.165) is 11.1 Å². The van der Waals surface area contributed by atoms with Crippen LogP contribution in [0.5, 0.6) is 23.0 Å². The van der Waals surface area contributed by atoms with Crippen molar-refractivity contribution in [1.29, 1.82) is 0 Å². The number of methoxy groups -OCH3 is 4. The molecule has 0 saturated heterocycles. The topological polar surface area (TPSA) is 110 Å². The number of amides is 1. The van der Waals surface area contributed by atoms with Gasteiger partial charge in [-0.3, -0.25) is 9.59 Å². The number of aryl methyl sites for hydroxylation is 1. The third-order valence-corrected chi connectivity index (χ3v) is 5.89. The Morgan fingerprint density at radius 1 is 0.943 bits per heavy atom. The van der Waals surface area contributed by atoms with Gasteiger partial charge < -0.3 is 33.3 Å². The Bertz CT molecular complexity index is 1180. The smallest absolute Gasteiger partial charge is 0.412 e. The van der Waals surface area contributed by atoms with Crippen molar-refractivity contribution in [2.24, 2.45) is 0 Å². The van der Waals surface area contributed by atoms with Crippen LogP contribution < -0.4 is 24.4 Å². The van der Waals surface area contributed by atoms with Crippen molar-refractivity contribution in [2.45, 2.75) is 25.8 Å². The monoisotopic (exact) mass is 487 g/mol. The van der Waals surface area contributed by atoms with Crippen LogP contribution in [0.1, 0.15) is 30.5 Å². The fourth-order valence-corrected chi connectivity index (χ4v) is 4.24. The predicted octanol–water partition coefficient (Wildman–Crippen LogP) is 3.32. The minimum atomic E-state index is -0.707. The summed E-state index contributed by atoms with van der Waals surface area (Å²) in [5, 5.41) is 0. The van der Waals surface area contributed by atoms with Crippen LogP contribution in [0.3, 0.4) is 0 Å². The molecule has 10 nitrogen and oxygen atoms in total. The first-order valence-corrected chi connectivity index (χ1v) is 10.8. The summed E-state index contributed by atoms with van der Waals surface area (Å²) in [5.74, 6) is 0.938. The quantitative estimate of drug-likeness (QED) is 0.429. The maximum atomic E-state index is 12.9. The third kappa shape index (κ3) is 5.11. The number of benzene rings is 1. The molecule has 0 radical (unpaired) electrons. The Morgan fingerprint density at radius 2 is 1.63 bits per heavy atom. The summed E-state index contributed by atoms with van der Waals surface area (Å²) in [4.78, 5) is 38.1. The summed E-state index contributed by atoms with van der Waals surface area (Å²) in [6, 6.07) is 6.12. The number of carbonyl (C=O) groups is 2. The summed E-state index contributed by atoms with van der Waals surface area (Å²) < 4.78 is 31.9. The van der Waals surface area contributed by atoms with E-state index in [4.69, 9.17) is 28.4 Å². The van der Waals surface area contributed by atoms with Gasteiger partial charge in [-0.15, -0.1) is 0 Å². The van der Waals surface area contributed by atoms with Crippen LogP contribution in [-0.4, -0.2) is 59.2 Å². The largest absolute Gasteiger partial charge is 0.493 e. The lowest BCUT2D eigenvalue weighted by atomic mass is 9.95. The summed E-state index contributed by atoms with van der Waals surface area (Å²) in [6.07, 6.45) is 0.284. The molecule has 0 heterocycles. The molecule has 35 heavy (non-hydrogen) atoms. The van der Waals surface area contributed by atoms with Crippen molar-refractivity contribution >= 4 is 12.1 Å². The number of esters is 1. The molecule has 3 rings (SSSR count). The molecule has 1 aliphatic carbocycles. The average molecular weight is 488 g/mol. The maximum absolute atomic E-state index is 12.9. The van der Waals surface area contributed by atoms with Crippen molar-refractivity contribution in [3.8, 4) is 34.1 Å². The zero-order valence-corrected chi connectivity index (χ0v) is 20.6. The maximum Gasteiger partial charge on any atom is 0.412 e. The normalized spacial score (nSPS) is 13.9. The van der Waals surface area contributed by atoms with Crippen LogP contribution in [0.2, 0.25) is 0 Å². The van der Waals surface area contributed by atoms with Crippen LogP contribution in [0.15, 0.2) is 29.1 Å². The molecule has 0 spiro atoms. The first-order valence-electron chi connectivity index (χ1n) is 10.8. The van der Waals surface area contributed by atoms with Gasteiger partial charge in [-0.25, -0.2) is 4.79 Å². The van der Waals surface area contributed by atoms with E-state index >= 15 is 0 Å². The standard InChI is InChI=1S/C25H29NO9/c1-14(27)34-13-35-25(29)26(2)18-9-7-15-11-21(31-4)23(32-5)24(33-6)22(15)16-8-10-20(30-3)19(28)12-17(16)18/h8,10-12,18H,7,9,13H2,1-6H3/t18-/m0/s1. The highest BCUT2D eigenvalue weighted by Gasteiger charge is 2.32. The Labute approximate surface area is 203 Å². The average Bonchev–Trinajstić information content (AvgIpc) is 3.09. The minimum Gasteiger partial charge on any atom is -0.493 e. The molecule has 0 fully saturated rings. The molecular weight excluding hydrogens is 458 g/mol. The van der Waals surface area contributed by atoms with Gasteiger partial charge in [0.2, 0.25) is 18.0 Å². The molecule has 188 valence electrons. The number of carbonyl (C=O) groups excluding carboxylic acids is 2. The van der Waals surface area contributed by atoms with Gasteiger partial charge in [0.1, 0.15) is 0 Å². The van der Waals surface area contributed by atoms with Crippen LogP contribution in [0.4, 0.5) is 4.79 Å². The summed E-state index contributed by atoms with van der Waals surface area (Å²) >= 11 is 0. The highest BCUT2D eigenvalue weighted by molar-refractivity contribution is 5.83. The molecule has 1 amide bonds. The van der Waals surface area contributed by atoms with E-state index in [9.17, 15) is 14.4 Å². The minimum absolute atomic E-state index is 0.151. The molecular formula is C25H29NO9. The van der Waals surface area contributed by atoms with Crippen molar-refractivity contribution in [1.82, 2.24) is 4.90 Å².